The third-order valence-electron chi connectivity index (χ3n) is 6.56. The summed E-state index contributed by atoms with van der Waals surface area (Å²) in [5.41, 5.74) is 4.92. The molecule has 150 valence electrons. The highest BCUT2D eigenvalue weighted by Gasteiger charge is 2.17. The molecule has 0 aliphatic carbocycles. The molecule has 2 aromatic heterocycles. The molecule has 0 aliphatic heterocycles. The fraction of sp³-hybridized carbons (Fsp3) is 0.0345. The smallest absolute Gasteiger partial charge is 0.264 e. The number of fused-ring (bicyclic) bond motifs is 5. The van der Waals surface area contributed by atoms with Crippen LogP contribution < -0.4 is 5.56 Å². The van der Waals surface area contributed by atoms with Gasteiger partial charge in [-0.25, -0.2) is 4.98 Å². The summed E-state index contributed by atoms with van der Waals surface area (Å²) in [6.45, 7) is 0. The van der Waals surface area contributed by atoms with Gasteiger partial charge in [-0.2, -0.15) is 0 Å². The quantitative estimate of drug-likeness (QED) is 0.333. The van der Waals surface area contributed by atoms with E-state index in [1.165, 1.54) is 11.1 Å². The maximum Gasteiger partial charge on any atom is 0.264 e. The van der Waals surface area contributed by atoms with Crippen LogP contribution >= 0.6 is 0 Å². The van der Waals surface area contributed by atoms with Crippen LogP contribution in [0.3, 0.4) is 0 Å². The van der Waals surface area contributed by atoms with E-state index in [4.69, 9.17) is 4.98 Å². The van der Waals surface area contributed by atoms with Crippen molar-refractivity contribution in [2.45, 2.75) is 6.42 Å². The van der Waals surface area contributed by atoms with Crippen molar-refractivity contribution in [3.05, 3.63) is 119 Å². The maximum atomic E-state index is 13.7. The molecule has 7 aromatic rings. The van der Waals surface area contributed by atoms with E-state index in [9.17, 15) is 4.79 Å². The summed E-state index contributed by atoms with van der Waals surface area (Å²) < 4.78 is 1.79. The van der Waals surface area contributed by atoms with Crippen LogP contribution in [0.15, 0.2) is 102 Å². The van der Waals surface area contributed by atoms with Gasteiger partial charge in [0.25, 0.3) is 5.56 Å². The van der Waals surface area contributed by atoms with Crippen molar-refractivity contribution in [3.63, 3.8) is 0 Å². The molecular formula is C29H18N2O. The molecule has 0 aliphatic rings. The van der Waals surface area contributed by atoms with E-state index < -0.39 is 0 Å². The molecule has 3 nitrogen and oxygen atoms in total. The van der Waals surface area contributed by atoms with Crippen molar-refractivity contribution in [1.82, 2.24) is 9.38 Å². The Hall–Kier alpha value is -4.24. The fourth-order valence-electron chi connectivity index (χ4n) is 5.07. The predicted molar refractivity (Wildman–Crippen MR) is 132 cm³/mol. The zero-order valence-electron chi connectivity index (χ0n) is 17.2. The summed E-state index contributed by atoms with van der Waals surface area (Å²) in [4.78, 5) is 18.6. The first-order chi connectivity index (χ1) is 15.8. The van der Waals surface area contributed by atoms with Gasteiger partial charge in [-0.05, 0) is 51.9 Å². The first-order valence-electron chi connectivity index (χ1n) is 10.8. The van der Waals surface area contributed by atoms with Gasteiger partial charge in [-0.1, -0.05) is 78.9 Å². The summed E-state index contributed by atoms with van der Waals surface area (Å²) >= 11 is 0. The fourth-order valence-corrected chi connectivity index (χ4v) is 5.07. The Labute approximate surface area is 183 Å². The zero-order chi connectivity index (χ0) is 21.2. The van der Waals surface area contributed by atoms with Gasteiger partial charge in [-0.3, -0.25) is 9.20 Å². The Bertz CT molecular complexity index is 1870. The monoisotopic (exact) mass is 410 g/mol. The second-order valence-corrected chi connectivity index (χ2v) is 8.43. The van der Waals surface area contributed by atoms with Crippen LogP contribution in [0.25, 0.3) is 49.0 Å². The molecule has 32 heavy (non-hydrogen) atoms. The van der Waals surface area contributed by atoms with Crippen molar-refractivity contribution in [2.75, 3.05) is 0 Å². The Kier molecular flexibility index (Phi) is 3.48. The predicted octanol–water partition coefficient (Wildman–Crippen LogP) is 6.34. The molecule has 2 heterocycles. The molecule has 0 bridgehead atoms. The third-order valence-corrected chi connectivity index (χ3v) is 6.56. The summed E-state index contributed by atoms with van der Waals surface area (Å²) in [5, 5.41) is 6.14. The Morgan fingerprint density at radius 2 is 1.44 bits per heavy atom. The first kappa shape index (κ1) is 17.4. The van der Waals surface area contributed by atoms with Gasteiger partial charge < -0.3 is 0 Å². The van der Waals surface area contributed by atoms with Crippen LogP contribution in [0.5, 0.6) is 0 Å². The van der Waals surface area contributed by atoms with Crippen LogP contribution in [0.4, 0.5) is 0 Å². The molecule has 5 aromatic carbocycles. The number of hydrogen-bond acceptors (Lipinski definition) is 2. The number of nitrogens with zero attached hydrogens (tertiary/aromatic N) is 2. The Balaban J connectivity index is 1.60. The molecule has 0 amide bonds. The topological polar surface area (TPSA) is 34.4 Å². The number of aromatic nitrogens is 2. The Morgan fingerprint density at radius 1 is 0.688 bits per heavy atom. The normalized spacial score (nSPS) is 12.0. The average molecular weight is 410 g/mol. The highest BCUT2D eigenvalue weighted by Crippen LogP contribution is 2.33. The lowest BCUT2D eigenvalue weighted by atomic mass is 9.94. The SMILES string of the molecule is O=c1c2cccc3c(Cc4ccccc4)ccc(c32)c2nc3cc4ccccc4cc3n12. The largest absolute Gasteiger partial charge is 0.268 e. The van der Waals surface area contributed by atoms with Gasteiger partial charge in [0.2, 0.25) is 0 Å². The summed E-state index contributed by atoms with van der Waals surface area (Å²) in [5.74, 6) is 0. The molecule has 3 heteroatoms. The molecule has 0 radical (unpaired) electrons. The second-order valence-electron chi connectivity index (χ2n) is 8.43. The lowest BCUT2D eigenvalue weighted by Gasteiger charge is -2.12. The second kappa shape index (κ2) is 6.38. The molecule has 0 saturated carbocycles. The van der Waals surface area contributed by atoms with Gasteiger partial charge in [0, 0.05) is 16.2 Å². The average Bonchev–Trinajstić information content (AvgIpc) is 3.21. The number of pyridine rings is 1. The molecular weight excluding hydrogens is 392 g/mol. The van der Waals surface area contributed by atoms with Gasteiger partial charge >= 0.3 is 0 Å². The third kappa shape index (κ3) is 2.36. The first-order valence-corrected chi connectivity index (χ1v) is 10.8. The molecule has 0 saturated heterocycles. The van der Waals surface area contributed by atoms with Crippen LogP contribution in [0, 0.1) is 0 Å². The van der Waals surface area contributed by atoms with Crippen LogP contribution in [0.2, 0.25) is 0 Å². The minimum atomic E-state index is -0.00672. The van der Waals surface area contributed by atoms with Gasteiger partial charge in [0.15, 0.2) is 0 Å². The highest BCUT2D eigenvalue weighted by atomic mass is 16.1. The van der Waals surface area contributed by atoms with Gasteiger partial charge in [-0.15, -0.1) is 0 Å². The molecule has 7 rings (SSSR count). The van der Waals surface area contributed by atoms with E-state index in [1.807, 2.05) is 30.3 Å². The molecule has 0 fully saturated rings. The number of rotatable bonds is 2. The lowest BCUT2D eigenvalue weighted by molar-refractivity contribution is 1.18. The minimum Gasteiger partial charge on any atom is -0.268 e. The number of benzene rings is 5. The number of hydrogen-bond donors (Lipinski definition) is 0. The van der Waals surface area contributed by atoms with Crippen molar-refractivity contribution in [2.24, 2.45) is 0 Å². The minimum absolute atomic E-state index is 0.00672. The lowest BCUT2D eigenvalue weighted by Crippen LogP contribution is -2.13. The Morgan fingerprint density at radius 3 is 2.28 bits per heavy atom. The van der Waals surface area contributed by atoms with E-state index in [2.05, 4.69) is 66.7 Å². The summed E-state index contributed by atoms with van der Waals surface area (Å²) in [7, 11) is 0. The zero-order valence-corrected chi connectivity index (χ0v) is 17.2. The van der Waals surface area contributed by atoms with E-state index in [1.54, 1.807) is 4.40 Å². The van der Waals surface area contributed by atoms with E-state index in [0.29, 0.717) is 0 Å². The van der Waals surface area contributed by atoms with E-state index in [0.717, 1.165) is 55.4 Å². The van der Waals surface area contributed by atoms with Crippen molar-refractivity contribution >= 4 is 49.0 Å². The van der Waals surface area contributed by atoms with Crippen molar-refractivity contribution in [3.8, 4) is 0 Å². The number of imidazole rings is 1. The van der Waals surface area contributed by atoms with Crippen molar-refractivity contribution < 1.29 is 0 Å². The van der Waals surface area contributed by atoms with E-state index >= 15 is 0 Å². The van der Waals surface area contributed by atoms with E-state index in [-0.39, 0.29) is 5.56 Å². The summed E-state index contributed by atoms with van der Waals surface area (Å²) in [6.07, 6.45) is 0.830. The standard InChI is InChI=1S/C29H18N2O/c32-29-24-12-6-11-22-21(15-18-7-2-1-3-8-18)13-14-23(27(22)24)28-30-25-16-19-9-4-5-10-20(19)17-26(25)31(28)29/h1-14,16-17H,15H2. The van der Waals surface area contributed by atoms with Crippen LogP contribution in [0.1, 0.15) is 11.1 Å². The molecule has 0 N–H and O–H groups in total. The molecule has 0 spiro atoms. The van der Waals surface area contributed by atoms with Crippen LogP contribution in [-0.4, -0.2) is 9.38 Å². The van der Waals surface area contributed by atoms with Gasteiger partial charge in [0.05, 0.1) is 11.0 Å². The van der Waals surface area contributed by atoms with Gasteiger partial charge in [0.1, 0.15) is 5.65 Å². The molecule has 0 unspecified atom stereocenters. The highest BCUT2D eigenvalue weighted by molar-refractivity contribution is 6.16. The maximum absolute atomic E-state index is 13.7. The van der Waals surface area contributed by atoms with Crippen LogP contribution in [-0.2, 0) is 6.42 Å². The molecule has 0 atom stereocenters. The summed E-state index contributed by atoms with van der Waals surface area (Å²) in [6, 6.07) is 33.2. The van der Waals surface area contributed by atoms with Crippen molar-refractivity contribution in [1.29, 1.82) is 0 Å².